The van der Waals surface area contributed by atoms with Gasteiger partial charge in [-0.25, -0.2) is 8.42 Å². The molecule has 0 aromatic heterocycles. The summed E-state index contributed by atoms with van der Waals surface area (Å²) >= 11 is 4.95. The number of amidine groups is 1. The molecule has 1 aliphatic carbocycles. The predicted octanol–water partition coefficient (Wildman–Crippen LogP) is 3.08. The van der Waals surface area contributed by atoms with Crippen molar-refractivity contribution in [3.05, 3.63) is 27.7 Å². The molecule has 2 atom stereocenters. The molecular formula is C17H19BrN2O3S2. The number of amides is 1. The number of hydrogen-bond acceptors (Lipinski definition) is 4. The van der Waals surface area contributed by atoms with Gasteiger partial charge < -0.3 is 4.90 Å². The lowest BCUT2D eigenvalue weighted by Crippen LogP contribution is -2.38. The molecule has 25 heavy (non-hydrogen) atoms. The molecule has 0 bridgehead atoms. The minimum atomic E-state index is -3.05. The number of thioether (sulfide) groups is 1. The van der Waals surface area contributed by atoms with E-state index in [1.54, 1.807) is 0 Å². The van der Waals surface area contributed by atoms with Gasteiger partial charge in [-0.1, -0.05) is 27.7 Å². The van der Waals surface area contributed by atoms with Gasteiger partial charge in [0.15, 0.2) is 15.0 Å². The summed E-state index contributed by atoms with van der Waals surface area (Å²) < 4.78 is 25.3. The largest absolute Gasteiger partial charge is 0.315 e. The maximum Gasteiger partial charge on any atom is 0.251 e. The van der Waals surface area contributed by atoms with Gasteiger partial charge in [-0.3, -0.25) is 4.79 Å². The smallest absolute Gasteiger partial charge is 0.251 e. The molecule has 1 saturated carbocycles. The van der Waals surface area contributed by atoms with E-state index in [1.807, 2.05) is 30.9 Å². The number of aliphatic imine (C=N–C) groups is 1. The molecule has 0 N–H and O–H groups in total. The van der Waals surface area contributed by atoms with Gasteiger partial charge in [0.2, 0.25) is 0 Å². The van der Waals surface area contributed by atoms with Gasteiger partial charge in [-0.05, 0) is 49.9 Å². The first-order valence-corrected chi connectivity index (χ1v) is 11.8. The van der Waals surface area contributed by atoms with Gasteiger partial charge in [0.1, 0.15) is 0 Å². The number of carbonyl (C=O) groups excluding carboxylic acids is 1. The number of carbonyl (C=O) groups is 1. The van der Waals surface area contributed by atoms with Crippen LogP contribution in [0.25, 0.3) is 0 Å². The Morgan fingerprint density at radius 3 is 2.48 bits per heavy atom. The van der Waals surface area contributed by atoms with Crippen LogP contribution in [-0.2, 0) is 14.6 Å². The first-order valence-electron chi connectivity index (χ1n) is 8.31. The summed E-state index contributed by atoms with van der Waals surface area (Å²) in [4.78, 5) is 18.7. The van der Waals surface area contributed by atoms with Crippen LogP contribution in [0, 0.1) is 19.8 Å². The summed E-state index contributed by atoms with van der Waals surface area (Å²) in [5, 5.41) is 0.605. The first-order chi connectivity index (χ1) is 11.7. The predicted molar refractivity (Wildman–Crippen MR) is 105 cm³/mol. The van der Waals surface area contributed by atoms with E-state index in [0.29, 0.717) is 5.17 Å². The molecule has 2 heterocycles. The molecule has 0 spiro atoms. The van der Waals surface area contributed by atoms with Crippen LogP contribution in [0.5, 0.6) is 0 Å². The molecule has 4 rings (SSSR count). The minimum Gasteiger partial charge on any atom is -0.315 e. The van der Waals surface area contributed by atoms with E-state index in [9.17, 15) is 13.2 Å². The summed E-state index contributed by atoms with van der Waals surface area (Å²) in [6.07, 6.45) is 1.83. The molecule has 3 aliphatic rings. The fourth-order valence-electron chi connectivity index (χ4n) is 3.62. The highest BCUT2D eigenvalue weighted by Crippen LogP contribution is 2.44. The minimum absolute atomic E-state index is 0.0572. The Kier molecular flexibility index (Phi) is 4.28. The summed E-state index contributed by atoms with van der Waals surface area (Å²) in [6.45, 7) is 4.02. The Morgan fingerprint density at radius 2 is 1.88 bits per heavy atom. The van der Waals surface area contributed by atoms with Crippen LogP contribution in [-0.4, -0.2) is 42.3 Å². The third-order valence-corrected chi connectivity index (χ3v) is 8.56. The van der Waals surface area contributed by atoms with Crippen LogP contribution in [0.4, 0.5) is 5.69 Å². The molecule has 0 radical (unpaired) electrons. The maximum absolute atomic E-state index is 12.3. The van der Waals surface area contributed by atoms with Crippen molar-refractivity contribution in [1.29, 1.82) is 0 Å². The Bertz CT molecular complexity index is 870. The fourth-order valence-corrected chi connectivity index (χ4v) is 8.22. The monoisotopic (exact) mass is 442 g/mol. The Morgan fingerprint density at radius 1 is 1.24 bits per heavy atom. The molecule has 8 heteroatoms. The number of hydrogen-bond donors (Lipinski definition) is 0. The van der Waals surface area contributed by atoms with Crippen LogP contribution in [0.2, 0.25) is 0 Å². The van der Waals surface area contributed by atoms with E-state index < -0.39 is 9.84 Å². The van der Waals surface area contributed by atoms with Crippen LogP contribution >= 0.6 is 27.7 Å². The van der Waals surface area contributed by atoms with Gasteiger partial charge in [-0.15, -0.1) is 0 Å². The van der Waals surface area contributed by atoms with Crippen molar-refractivity contribution in [3.8, 4) is 0 Å². The number of anilines is 1. The molecule has 1 aromatic rings. The second-order valence-electron chi connectivity index (χ2n) is 7.07. The molecule has 0 unspecified atom stereocenters. The van der Waals surface area contributed by atoms with Crippen LogP contribution in [0.1, 0.15) is 24.0 Å². The van der Waals surface area contributed by atoms with Crippen molar-refractivity contribution in [2.75, 3.05) is 16.4 Å². The normalized spacial score (nSPS) is 29.2. The van der Waals surface area contributed by atoms with Crippen molar-refractivity contribution in [2.45, 2.75) is 38.0 Å². The summed E-state index contributed by atoms with van der Waals surface area (Å²) in [6, 6.07) is 3.88. The van der Waals surface area contributed by atoms with Crippen LogP contribution in [0.3, 0.4) is 0 Å². The summed E-state index contributed by atoms with van der Waals surface area (Å²) in [7, 11) is -3.05. The Hall–Kier alpha value is -0.860. The number of aryl methyl sites for hydroxylation is 2. The van der Waals surface area contributed by atoms with Gasteiger partial charge in [0, 0.05) is 21.3 Å². The molecule has 2 aliphatic heterocycles. The van der Waals surface area contributed by atoms with Gasteiger partial charge in [0.05, 0.1) is 17.5 Å². The fraction of sp³-hybridized carbons (Fsp3) is 0.529. The summed E-state index contributed by atoms with van der Waals surface area (Å²) in [5.41, 5.74) is 3.07. The number of fused-ring (bicyclic) bond motifs is 1. The zero-order chi connectivity index (χ0) is 17.9. The number of halogens is 1. The quantitative estimate of drug-likeness (QED) is 0.703. The SMILES string of the molecule is Cc1cc(Br)cc(C)c1N1C(=NC(=O)C2CC2)S[C@H]2CS(=O)(=O)C[C@@H]21. The van der Waals surface area contributed by atoms with Crippen LogP contribution in [0.15, 0.2) is 21.6 Å². The molecule has 1 aromatic carbocycles. The zero-order valence-corrected chi connectivity index (χ0v) is 17.2. The van der Waals surface area contributed by atoms with E-state index >= 15 is 0 Å². The van der Waals surface area contributed by atoms with Gasteiger partial charge >= 0.3 is 0 Å². The van der Waals surface area contributed by atoms with E-state index in [-0.39, 0.29) is 34.6 Å². The summed E-state index contributed by atoms with van der Waals surface area (Å²) in [5.74, 6) is 0.273. The van der Waals surface area contributed by atoms with Gasteiger partial charge in [-0.2, -0.15) is 4.99 Å². The third kappa shape index (κ3) is 3.28. The standard InChI is InChI=1S/C17H19BrN2O3S2/c1-9-5-12(18)6-10(2)15(9)20-13-7-25(22,23)8-14(13)24-17(20)19-16(21)11-3-4-11/h5-6,11,13-14H,3-4,7-8H2,1-2H3/t13-,14-/m0/s1. The Labute approximate surface area is 160 Å². The Balaban J connectivity index is 1.80. The zero-order valence-electron chi connectivity index (χ0n) is 14.0. The van der Waals surface area contributed by atoms with Gasteiger partial charge in [0.25, 0.3) is 5.91 Å². The number of benzene rings is 1. The average Bonchev–Trinajstić information content (AvgIpc) is 3.22. The van der Waals surface area contributed by atoms with Crippen molar-refractivity contribution in [1.82, 2.24) is 0 Å². The molecular weight excluding hydrogens is 424 g/mol. The van der Waals surface area contributed by atoms with Crippen molar-refractivity contribution in [2.24, 2.45) is 10.9 Å². The second kappa shape index (κ2) is 6.09. The maximum atomic E-state index is 12.3. The lowest BCUT2D eigenvalue weighted by atomic mass is 10.1. The van der Waals surface area contributed by atoms with E-state index in [4.69, 9.17) is 0 Å². The molecule has 134 valence electrons. The van der Waals surface area contributed by atoms with E-state index in [2.05, 4.69) is 20.9 Å². The molecule has 1 amide bonds. The molecule has 2 saturated heterocycles. The highest BCUT2D eigenvalue weighted by Gasteiger charge is 2.50. The van der Waals surface area contributed by atoms with Crippen molar-refractivity contribution >= 4 is 54.3 Å². The number of sulfone groups is 1. The van der Waals surface area contributed by atoms with Crippen LogP contribution < -0.4 is 4.90 Å². The third-order valence-electron chi connectivity index (χ3n) is 4.90. The average molecular weight is 443 g/mol. The molecule has 5 nitrogen and oxygen atoms in total. The van der Waals surface area contributed by atoms with Crippen molar-refractivity contribution in [3.63, 3.8) is 0 Å². The number of rotatable bonds is 2. The van der Waals surface area contributed by atoms with E-state index in [1.165, 1.54) is 11.8 Å². The topological polar surface area (TPSA) is 66.8 Å². The van der Waals surface area contributed by atoms with E-state index in [0.717, 1.165) is 34.1 Å². The molecule has 3 fully saturated rings. The highest BCUT2D eigenvalue weighted by molar-refractivity contribution is 9.10. The number of nitrogens with zero attached hydrogens (tertiary/aromatic N) is 2. The highest BCUT2D eigenvalue weighted by atomic mass is 79.9. The first kappa shape index (κ1) is 17.5. The lowest BCUT2D eigenvalue weighted by Gasteiger charge is -2.28. The van der Waals surface area contributed by atoms with Crippen molar-refractivity contribution < 1.29 is 13.2 Å². The lowest BCUT2D eigenvalue weighted by molar-refractivity contribution is -0.118. The second-order valence-corrected chi connectivity index (χ2v) is 11.3.